The first kappa shape index (κ1) is 25.0. The van der Waals surface area contributed by atoms with E-state index in [-0.39, 0.29) is 18.0 Å². The molecule has 2 heterocycles. The molecule has 0 unspecified atom stereocenters. The Morgan fingerprint density at radius 3 is 2.43 bits per heavy atom. The van der Waals surface area contributed by atoms with Gasteiger partial charge in [-0.2, -0.15) is 8.78 Å². The van der Waals surface area contributed by atoms with Crippen molar-refractivity contribution < 1.29 is 22.3 Å². The van der Waals surface area contributed by atoms with Crippen molar-refractivity contribution in [3.05, 3.63) is 59.7 Å². The summed E-state index contributed by atoms with van der Waals surface area (Å²) >= 11 is 0. The molecule has 4 rings (SSSR count). The third kappa shape index (κ3) is 6.95. The average Bonchev–Trinajstić information content (AvgIpc) is 3.38. The van der Waals surface area contributed by atoms with Crippen molar-refractivity contribution in [2.24, 2.45) is 0 Å². The molecule has 0 bridgehead atoms. The highest BCUT2D eigenvalue weighted by molar-refractivity contribution is 5.54. The zero-order valence-electron chi connectivity index (χ0n) is 19.7. The lowest BCUT2D eigenvalue weighted by atomic mass is 10.1. The van der Waals surface area contributed by atoms with Crippen LogP contribution in [0.2, 0.25) is 0 Å². The second-order valence-corrected chi connectivity index (χ2v) is 8.41. The molecule has 35 heavy (non-hydrogen) atoms. The van der Waals surface area contributed by atoms with Crippen LogP contribution in [0.5, 0.6) is 5.75 Å². The summed E-state index contributed by atoms with van der Waals surface area (Å²) in [7, 11) is 0. The molecule has 0 atom stereocenters. The van der Waals surface area contributed by atoms with Crippen LogP contribution in [0.1, 0.15) is 31.2 Å². The van der Waals surface area contributed by atoms with Crippen LogP contribution in [0.4, 0.5) is 18.9 Å². The fraction of sp³-hybridized carbons (Fsp3) is 0.440. The van der Waals surface area contributed by atoms with Crippen molar-refractivity contribution in [2.75, 3.05) is 51.2 Å². The molecule has 10 heteroatoms. The first-order valence-electron chi connectivity index (χ1n) is 11.8. The molecule has 1 aliphatic heterocycles. The van der Waals surface area contributed by atoms with Crippen molar-refractivity contribution in [3.8, 4) is 17.2 Å². The van der Waals surface area contributed by atoms with Crippen molar-refractivity contribution in [1.82, 2.24) is 20.0 Å². The molecule has 1 saturated heterocycles. The van der Waals surface area contributed by atoms with Gasteiger partial charge in [0.15, 0.2) is 0 Å². The quantitative estimate of drug-likeness (QED) is 0.387. The summed E-state index contributed by atoms with van der Waals surface area (Å²) in [5, 5.41) is 9.97. The Bertz CT molecular complexity index is 1070. The normalized spacial score (nSPS) is 15.0. The fourth-order valence-electron chi connectivity index (χ4n) is 3.94. The highest BCUT2D eigenvalue weighted by Crippen LogP contribution is 2.25. The molecule has 1 aliphatic rings. The van der Waals surface area contributed by atoms with Crippen LogP contribution in [-0.2, 0) is 6.54 Å². The molecule has 0 radical (unpaired) electrons. The van der Waals surface area contributed by atoms with Gasteiger partial charge < -0.3 is 24.3 Å². The highest BCUT2D eigenvalue weighted by atomic mass is 19.3. The van der Waals surface area contributed by atoms with Gasteiger partial charge in [-0.3, -0.25) is 0 Å². The van der Waals surface area contributed by atoms with Crippen LogP contribution in [0.15, 0.2) is 46.9 Å². The van der Waals surface area contributed by atoms with Crippen LogP contribution in [0.25, 0.3) is 11.5 Å². The molecule has 1 aromatic heterocycles. The summed E-state index contributed by atoms with van der Waals surface area (Å²) in [5.74, 6) is -0.634. The average molecular weight is 490 g/mol. The minimum Gasteiger partial charge on any atom is -0.494 e. The monoisotopic (exact) mass is 489 g/mol. The number of nitrogens with zero attached hydrogens (tertiary/aromatic N) is 4. The molecule has 3 aromatic rings. The predicted molar refractivity (Wildman–Crippen MR) is 127 cm³/mol. The van der Waals surface area contributed by atoms with Gasteiger partial charge in [0.25, 0.3) is 5.89 Å². The van der Waals surface area contributed by atoms with Crippen molar-refractivity contribution in [2.45, 2.75) is 26.3 Å². The first-order chi connectivity index (χ1) is 17.0. The van der Waals surface area contributed by atoms with E-state index in [1.54, 1.807) is 12.1 Å². The third-order valence-corrected chi connectivity index (χ3v) is 6.06. The lowest BCUT2D eigenvalue weighted by Crippen LogP contribution is -2.46. The standard InChI is InChI=1S/C25H30F3N5O2/c1-2-32-11-13-33(14-12-32)10-3-15-34-21-8-6-20(7-9-21)29-17-19-5-4-18(16-22(19)26)24-30-31-25(35-24)23(27)28/h4-9,16,23,29H,2-3,10-15,17H2,1H3. The molecule has 7 nitrogen and oxygen atoms in total. The Morgan fingerprint density at radius 1 is 1.03 bits per heavy atom. The minimum absolute atomic E-state index is 0.145. The van der Waals surface area contributed by atoms with E-state index in [1.807, 2.05) is 24.3 Å². The SMILES string of the molecule is CCN1CCN(CCCOc2ccc(NCc3ccc(-c4nnc(C(F)F)o4)cc3F)cc2)CC1. The number of ether oxygens (including phenoxy) is 1. The van der Waals surface area contributed by atoms with Gasteiger partial charge in [-0.1, -0.05) is 13.0 Å². The molecule has 0 aliphatic carbocycles. The van der Waals surface area contributed by atoms with Gasteiger partial charge in [0, 0.05) is 56.1 Å². The van der Waals surface area contributed by atoms with Crippen molar-refractivity contribution >= 4 is 5.69 Å². The van der Waals surface area contributed by atoms with Gasteiger partial charge in [-0.15, -0.1) is 10.2 Å². The van der Waals surface area contributed by atoms with Gasteiger partial charge in [-0.05, 0) is 49.4 Å². The van der Waals surface area contributed by atoms with Gasteiger partial charge >= 0.3 is 6.43 Å². The van der Waals surface area contributed by atoms with Gasteiger partial charge in [0.2, 0.25) is 5.89 Å². The second kappa shape index (κ2) is 12.0. The molecule has 188 valence electrons. The minimum atomic E-state index is -2.87. The van der Waals surface area contributed by atoms with Crippen LogP contribution in [0, 0.1) is 5.82 Å². The summed E-state index contributed by atoms with van der Waals surface area (Å²) in [5.41, 5.74) is 1.49. The number of halogens is 3. The van der Waals surface area contributed by atoms with E-state index in [9.17, 15) is 13.2 Å². The number of hydrogen-bond donors (Lipinski definition) is 1. The third-order valence-electron chi connectivity index (χ3n) is 6.06. The van der Waals surface area contributed by atoms with E-state index in [1.165, 1.54) is 6.07 Å². The first-order valence-corrected chi connectivity index (χ1v) is 11.8. The van der Waals surface area contributed by atoms with Crippen LogP contribution < -0.4 is 10.1 Å². The van der Waals surface area contributed by atoms with Crippen molar-refractivity contribution in [1.29, 1.82) is 0 Å². The number of nitrogens with one attached hydrogen (secondary N) is 1. The number of aromatic nitrogens is 2. The second-order valence-electron chi connectivity index (χ2n) is 8.41. The largest absolute Gasteiger partial charge is 0.494 e. The van der Waals surface area contributed by atoms with E-state index < -0.39 is 18.1 Å². The Morgan fingerprint density at radius 2 is 1.77 bits per heavy atom. The number of piperazine rings is 1. The Hall–Kier alpha value is -3.11. The molecule has 0 amide bonds. The molecular formula is C25H30F3N5O2. The summed E-state index contributed by atoms with van der Waals surface area (Å²) < 4.78 is 50.4. The maximum atomic E-state index is 14.5. The van der Waals surface area contributed by atoms with E-state index in [0.717, 1.165) is 57.1 Å². The maximum Gasteiger partial charge on any atom is 0.314 e. The van der Waals surface area contributed by atoms with Gasteiger partial charge in [-0.25, -0.2) is 4.39 Å². The topological polar surface area (TPSA) is 66.7 Å². The summed E-state index contributed by atoms with van der Waals surface area (Å²) in [6, 6.07) is 11.9. The Balaban J connectivity index is 1.20. The van der Waals surface area contributed by atoms with E-state index >= 15 is 0 Å². The lowest BCUT2D eigenvalue weighted by molar-refractivity contribution is 0.116. The molecule has 1 fully saturated rings. The molecule has 1 N–H and O–H groups in total. The number of anilines is 1. The molecular weight excluding hydrogens is 459 g/mol. The van der Waals surface area contributed by atoms with E-state index in [4.69, 9.17) is 9.15 Å². The lowest BCUT2D eigenvalue weighted by Gasteiger charge is -2.33. The van der Waals surface area contributed by atoms with Crippen LogP contribution >= 0.6 is 0 Å². The highest BCUT2D eigenvalue weighted by Gasteiger charge is 2.18. The van der Waals surface area contributed by atoms with Crippen molar-refractivity contribution in [3.63, 3.8) is 0 Å². The van der Waals surface area contributed by atoms with Gasteiger partial charge in [0.1, 0.15) is 11.6 Å². The number of benzene rings is 2. The number of rotatable bonds is 11. The zero-order chi connectivity index (χ0) is 24.6. The van der Waals surface area contributed by atoms with Crippen LogP contribution in [0.3, 0.4) is 0 Å². The number of likely N-dealkylation sites (N-methyl/N-ethyl adjacent to an activating group) is 1. The number of hydrogen-bond acceptors (Lipinski definition) is 7. The molecule has 2 aromatic carbocycles. The van der Waals surface area contributed by atoms with Gasteiger partial charge in [0.05, 0.1) is 6.61 Å². The smallest absolute Gasteiger partial charge is 0.314 e. The zero-order valence-corrected chi connectivity index (χ0v) is 19.7. The maximum absolute atomic E-state index is 14.5. The number of alkyl halides is 2. The fourth-order valence-corrected chi connectivity index (χ4v) is 3.94. The molecule has 0 spiro atoms. The Kier molecular flexibility index (Phi) is 8.59. The van der Waals surface area contributed by atoms with E-state index in [2.05, 4.69) is 32.2 Å². The summed E-state index contributed by atoms with van der Waals surface area (Å²) in [6.45, 7) is 9.80. The summed E-state index contributed by atoms with van der Waals surface area (Å²) in [6.07, 6.45) is -1.89. The predicted octanol–water partition coefficient (Wildman–Crippen LogP) is 4.83. The van der Waals surface area contributed by atoms with Crippen LogP contribution in [-0.4, -0.2) is 65.9 Å². The van der Waals surface area contributed by atoms with E-state index in [0.29, 0.717) is 12.2 Å². The Labute approximate surface area is 202 Å². The molecule has 0 saturated carbocycles. The summed E-state index contributed by atoms with van der Waals surface area (Å²) in [4.78, 5) is 4.95.